The highest BCUT2D eigenvalue weighted by Crippen LogP contribution is 2.25. The van der Waals surface area contributed by atoms with Crippen molar-refractivity contribution in [3.63, 3.8) is 0 Å². The average molecular weight is 239 g/mol. The molecular weight excluding hydrogens is 224 g/mol. The Labute approximate surface area is 101 Å². The van der Waals surface area contributed by atoms with Crippen molar-refractivity contribution in [3.05, 3.63) is 48.0 Å². The van der Waals surface area contributed by atoms with Crippen molar-refractivity contribution in [3.8, 4) is 0 Å². The number of hydrogen-bond acceptors (Lipinski definition) is 1. The number of benzene rings is 1. The van der Waals surface area contributed by atoms with E-state index in [0.29, 0.717) is 6.42 Å². The predicted molar refractivity (Wildman–Crippen MR) is 65.8 cm³/mol. The third-order valence-electron chi connectivity index (χ3n) is 2.33. The van der Waals surface area contributed by atoms with Crippen LogP contribution in [0.4, 0.5) is 0 Å². The number of aliphatic carboxylic acids is 1. The lowest BCUT2D eigenvalue weighted by Crippen LogP contribution is -1.98. The van der Waals surface area contributed by atoms with Crippen molar-refractivity contribution in [1.29, 1.82) is 0 Å². The van der Waals surface area contributed by atoms with E-state index in [4.69, 9.17) is 16.7 Å². The Morgan fingerprint density at radius 1 is 1.44 bits per heavy atom. The van der Waals surface area contributed by atoms with Gasteiger partial charge in [-0.25, -0.2) is 0 Å². The summed E-state index contributed by atoms with van der Waals surface area (Å²) in [5.74, 6) is -0.811. The first kappa shape index (κ1) is 12.8. The minimum Gasteiger partial charge on any atom is -0.481 e. The van der Waals surface area contributed by atoms with Crippen molar-refractivity contribution in [2.24, 2.45) is 0 Å². The van der Waals surface area contributed by atoms with E-state index >= 15 is 0 Å². The highest BCUT2D eigenvalue weighted by Gasteiger charge is 2.09. The molecule has 1 unspecified atom stereocenters. The lowest BCUT2D eigenvalue weighted by molar-refractivity contribution is -0.137. The minimum atomic E-state index is -0.811. The molecule has 3 heteroatoms. The fourth-order valence-corrected chi connectivity index (χ4v) is 1.70. The second-order valence-electron chi connectivity index (χ2n) is 3.63. The second-order valence-corrected chi connectivity index (χ2v) is 4.16. The molecule has 0 aromatic heterocycles. The monoisotopic (exact) mass is 238 g/mol. The molecule has 0 amide bonds. The minimum absolute atomic E-state index is 0.0998. The normalized spacial score (nSPS) is 12.1. The van der Waals surface area contributed by atoms with Gasteiger partial charge in [-0.05, 0) is 24.0 Å². The molecule has 0 fully saturated rings. The highest BCUT2D eigenvalue weighted by atomic mass is 35.5. The summed E-state index contributed by atoms with van der Waals surface area (Å²) in [6, 6.07) is 7.87. The molecule has 2 nitrogen and oxygen atoms in total. The zero-order valence-corrected chi connectivity index (χ0v) is 9.78. The number of allylic oxidation sites excluding steroid dienone is 1. The van der Waals surface area contributed by atoms with Crippen LogP contribution >= 0.6 is 11.6 Å². The van der Waals surface area contributed by atoms with Gasteiger partial charge in [0.05, 0.1) is 5.38 Å². The van der Waals surface area contributed by atoms with E-state index in [2.05, 4.69) is 6.58 Å². The SMILES string of the molecule is C=CCc1ccc(C(Cl)CCC(=O)O)cc1. The second kappa shape index (κ2) is 6.33. The Morgan fingerprint density at radius 3 is 2.56 bits per heavy atom. The predicted octanol–water partition coefficient (Wildman–Crippen LogP) is 3.56. The molecule has 0 heterocycles. The maximum absolute atomic E-state index is 10.4. The molecule has 0 bridgehead atoms. The van der Waals surface area contributed by atoms with E-state index < -0.39 is 5.97 Å². The Hall–Kier alpha value is -1.28. The summed E-state index contributed by atoms with van der Waals surface area (Å²) in [4.78, 5) is 10.4. The van der Waals surface area contributed by atoms with E-state index in [1.807, 2.05) is 30.3 Å². The molecule has 16 heavy (non-hydrogen) atoms. The Kier molecular flexibility index (Phi) is 5.06. The number of alkyl halides is 1. The van der Waals surface area contributed by atoms with Crippen LogP contribution in [0.1, 0.15) is 29.3 Å². The standard InChI is InChI=1S/C13H15ClO2/c1-2-3-10-4-6-11(7-5-10)12(14)8-9-13(15)16/h2,4-7,12H,1,3,8-9H2,(H,15,16). The van der Waals surface area contributed by atoms with Crippen LogP contribution in [0.2, 0.25) is 0 Å². The van der Waals surface area contributed by atoms with Gasteiger partial charge in [0, 0.05) is 6.42 Å². The molecule has 1 aromatic carbocycles. The summed E-state index contributed by atoms with van der Waals surface area (Å²) in [6.07, 6.45) is 3.24. The van der Waals surface area contributed by atoms with E-state index in [1.54, 1.807) is 0 Å². The summed E-state index contributed by atoms with van der Waals surface area (Å²) in [5, 5.41) is 8.33. The maximum Gasteiger partial charge on any atom is 0.303 e. The van der Waals surface area contributed by atoms with E-state index in [1.165, 1.54) is 5.56 Å². The smallest absolute Gasteiger partial charge is 0.303 e. The zero-order chi connectivity index (χ0) is 12.0. The summed E-state index contributed by atoms with van der Waals surface area (Å²) in [6.45, 7) is 3.67. The maximum atomic E-state index is 10.4. The third-order valence-corrected chi connectivity index (χ3v) is 2.80. The Morgan fingerprint density at radius 2 is 2.06 bits per heavy atom. The fraction of sp³-hybridized carbons (Fsp3) is 0.308. The lowest BCUT2D eigenvalue weighted by Gasteiger charge is -2.08. The van der Waals surface area contributed by atoms with Crippen molar-refractivity contribution >= 4 is 17.6 Å². The first-order valence-corrected chi connectivity index (χ1v) is 5.62. The highest BCUT2D eigenvalue weighted by molar-refractivity contribution is 6.20. The van der Waals surface area contributed by atoms with E-state index in [9.17, 15) is 4.79 Å². The summed E-state index contributed by atoms with van der Waals surface area (Å²) < 4.78 is 0. The van der Waals surface area contributed by atoms with Gasteiger partial charge < -0.3 is 5.11 Å². The van der Waals surface area contributed by atoms with Crippen LogP contribution in [-0.4, -0.2) is 11.1 Å². The van der Waals surface area contributed by atoms with Gasteiger partial charge in [0.2, 0.25) is 0 Å². The van der Waals surface area contributed by atoms with Gasteiger partial charge >= 0.3 is 5.97 Å². The number of carboxylic acids is 1. The number of hydrogen-bond donors (Lipinski definition) is 1. The summed E-state index contributed by atoms with van der Waals surface area (Å²) in [7, 11) is 0. The fourth-order valence-electron chi connectivity index (χ4n) is 1.45. The number of halogens is 1. The molecule has 0 saturated carbocycles. The van der Waals surface area contributed by atoms with Crippen LogP contribution in [0.25, 0.3) is 0 Å². The summed E-state index contributed by atoms with van der Waals surface area (Å²) in [5.41, 5.74) is 2.15. The topological polar surface area (TPSA) is 37.3 Å². The molecule has 0 aliphatic carbocycles. The average Bonchev–Trinajstić information content (AvgIpc) is 2.27. The van der Waals surface area contributed by atoms with Crippen molar-refractivity contribution in [1.82, 2.24) is 0 Å². The Bertz CT molecular complexity index is 357. The molecule has 1 N–H and O–H groups in total. The van der Waals surface area contributed by atoms with Crippen LogP contribution in [0, 0.1) is 0 Å². The van der Waals surface area contributed by atoms with Gasteiger partial charge in [0.15, 0.2) is 0 Å². The van der Waals surface area contributed by atoms with Crippen molar-refractivity contribution < 1.29 is 9.90 Å². The molecule has 0 saturated heterocycles. The molecule has 1 aromatic rings. The molecule has 0 radical (unpaired) electrons. The Balaban J connectivity index is 2.58. The molecule has 1 atom stereocenters. The van der Waals surface area contributed by atoms with Crippen LogP contribution in [0.5, 0.6) is 0 Å². The van der Waals surface area contributed by atoms with E-state index in [0.717, 1.165) is 12.0 Å². The molecule has 0 spiro atoms. The van der Waals surface area contributed by atoms with Gasteiger partial charge in [-0.1, -0.05) is 30.3 Å². The van der Waals surface area contributed by atoms with Crippen LogP contribution in [0.3, 0.4) is 0 Å². The zero-order valence-electron chi connectivity index (χ0n) is 9.03. The molecule has 1 rings (SSSR count). The van der Waals surface area contributed by atoms with E-state index in [-0.39, 0.29) is 11.8 Å². The molecular formula is C13H15ClO2. The van der Waals surface area contributed by atoms with Crippen molar-refractivity contribution in [2.75, 3.05) is 0 Å². The van der Waals surface area contributed by atoms with Crippen LogP contribution in [-0.2, 0) is 11.2 Å². The molecule has 86 valence electrons. The van der Waals surface area contributed by atoms with Crippen LogP contribution < -0.4 is 0 Å². The number of carbonyl (C=O) groups is 1. The first-order chi connectivity index (χ1) is 7.63. The quantitative estimate of drug-likeness (QED) is 0.608. The van der Waals surface area contributed by atoms with Gasteiger partial charge in [-0.2, -0.15) is 0 Å². The number of rotatable bonds is 6. The number of carboxylic acid groups (broad SMARTS) is 1. The molecule has 0 aliphatic rings. The van der Waals surface area contributed by atoms with Gasteiger partial charge in [-0.15, -0.1) is 18.2 Å². The lowest BCUT2D eigenvalue weighted by atomic mass is 10.0. The third kappa shape index (κ3) is 4.07. The molecule has 0 aliphatic heterocycles. The largest absolute Gasteiger partial charge is 0.481 e. The van der Waals surface area contributed by atoms with Crippen molar-refractivity contribution in [2.45, 2.75) is 24.6 Å². The van der Waals surface area contributed by atoms with Gasteiger partial charge in [0.1, 0.15) is 0 Å². The summed E-state index contributed by atoms with van der Waals surface area (Å²) >= 11 is 6.10. The van der Waals surface area contributed by atoms with Crippen LogP contribution in [0.15, 0.2) is 36.9 Å². The first-order valence-electron chi connectivity index (χ1n) is 5.19. The van der Waals surface area contributed by atoms with Gasteiger partial charge in [-0.3, -0.25) is 4.79 Å². The van der Waals surface area contributed by atoms with Gasteiger partial charge in [0.25, 0.3) is 0 Å².